The average molecular weight is 532 g/mol. The number of carbonyl (C=O) groups is 6. The number of carboxylic acids is 1. The molecule has 0 spiro atoms. The predicted octanol–water partition coefficient (Wildman–Crippen LogP) is 2.32. The van der Waals surface area contributed by atoms with Crippen LogP contribution in [0.1, 0.15) is 80.1 Å². The number of aliphatic carboxylic acids is 1. The normalized spacial score (nSPS) is 18.8. The first-order valence-electron chi connectivity index (χ1n) is 13.0. The second-order valence-electron chi connectivity index (χ2n) is 11.9. The highest BCUT2D eigenvalue weighted by Crippen LogP contribution is 2.35. The van der Waals surface area contributed by atoms with Crippen molar-refractivity contribution in [3.05, 3.63) is 22.5 Å². The summed E-state index contributed by atoms with van der Waals surface area (Å²) in [5.74, 6) is -2.24. The molecule has 0 bridgehead atoms. The molecule has 0 saturated heterocycles. The van der Waals surface area contributed by atoms with E-state index < -0.39 is 5.97 Å². The summed E-state index contributed by atoms with van der Waals surface area (Å²) in [6.45, 7) is 11.8. The molecule has 2 fully saturated rings. The summed E-state index contributed by atoms with van der Waals surface area (Å²) in [4.78, 5) is 75.3. The Hall–Kier alpha value is -3.30. The van der Waals surface area contributed by atoms with E-state index in [-0.39, 0.29) is 116 Å². The lowest BCUT2D eigenvalue weighted by molar-refractivity contribution is -0.140. The fourth-order valence-electron chi connectivity index (χ4n) is 5.03. The average Bonchev–Trinajstić information content (AvgIpc) is 2.73. The van der Waals surface area contributed by atoms with E-state index >= 15 is 0 Å². The summed E-state index contributed by atoms with van der Waals surface area (Å²) < 4.78 is 0. The maximum atomic E-state index is 12.7. The molecule has 0 radical (unpaired) electrons. The number of carbonyl (C=O) groups excluding carboxylic acids is 5. The Balaban J connectivity index is 2.04. The van der Waals surface area contributed by atoms with Gasteiger partial charge in [-0.3, -0.25) is 28.8 Å². The largest absolute Gasteiger partial charge is 0.481 e. The van der Waals surface area contributed by atoms with Gasteiger partial charge in [-0.1, -0.05) is 27.7 Å². The standard InChI is InChI=1S/C28H41N3O7/c1-17(25-19(32)13-27(3,4)14-20(25)33)29-9-11-31(23(36)7-8-24(37)38)12-10-30-18(2)26-21(34)15-28(5,6)16-22(26)35/h29-30H,7-16H2,1-6H3,(H,37,38). The van der Waals surface area contributed by atoms with Gasteiger partial charge in [0.2, 0.25) is 5.91 Å². The first-order chi connectivity index (χ1) is 17.5. The van der Waals surface area contributed by atoms with Crippen molar-refractivity contribution in [1.29, 1.82) is 0 Å². The van der Waals surface area contributed by atoms with Crippen LogP contribution in [-0.4, -0.2) is 71.2 Å². The summed E-state index contributed by atoms with van der Waals surface area (Å²) in [6.07, 6.45) is 0.672. The third-order valence-corrected chi connectivity index (χ3v) is 6.87. The van der Waals surface area contributed by atoms with Crippen molar-refractivity contribution in [3.63, 3.8) is 0 Å². The van der Waals surface area contributed by atoms with Crippen LogP contribution in [0.3, 0.4) is 0 Å². The van der Waals surface area contributed by atoms with Crippen LogP contribution in [0, 0.1) is 10.8 Å². The first-order valence-corrected chi connectivity index (χ1v) is 13.0. The number of Topliss-reactive ketones (excluding diaryl/α,β-unsaturated/α-hetero) is 4. The molecule has 0 atom stereocenters. The van der Waals surface area contributed by atoms with Crippen molar-refractivity contribution in [2.45, 2.75) is 80.1 Å². The zero-order valence-electron chi connectivity index (χ0n) is 23.4. The van der Waals surface area contributed by atoms with Gasteiger partial charge in [-0.2, -0.15) is 0 Å². The van der Waals surface area contributed by atoms with E-state index in [1.807, 2.05) is 27.7 Å². The molecule has 10 heteroatoms. The smallest absolute Gasteiger partial charge is 0.303 e. The van der Waals surface area contributed by atoms with Gasteiger partial charge in [0.25, 0.3) is 0 Å². The van der Waals surface area contributed by atoms with Crippen LogP contribution in [0.15, 0.2) is 22.5 Å². The van der Waals surface area contributed by atoms with Gasteiger partial charge in [-0.25, -0.2) is 0 Å². The van der Waals surface area contributed by atoms with E-state index in [9.17, 15) is 28.8 Å². The minimum absolute atomic E-state index is 0.169. The molecule has 0 aromatic heterocycles. The lowest BCUT2D eigenvalue weighted by Crippen LogP contribution is -2.41. The second-order valence-corrected chi connectivity index (χ2v) is 11.9. The molecule has 38 heavy (non-hydrogen) atoms. The third kappa shape index (κ3) is 8.63. The quantitative estimate of drug-likeness (QED) is 0.270. The molecule has 0 unspecified atom stereocenters. The fraction of sp³-hybridized carbons (Fsp3) is 0.643. The summed E-state index contributed by atoms with van der Waals surface area (Å²) >= 11 is 0. The first kappa shape index (κ1) is 30.9. The Morgan fingerprint density at radius 1 is 0.711 bits per heavy atom. The SMILES string of the molecule is CC(NCCN(CCNC(C)=C1C(=O)CC(C)(C)CC1=O)C(=O)CCC(=O)O)=C1C(=O)CC(C)(C)CC1=O. The third-order valence-electron chi connectivity index (χ3n) is 6.87. The lowest BCUT2D eigenvalue weighted by Gasteiger charge is -2.30. The van der Waals surface area contributed by atoms with E-state index in [2.05, 4.69) is 10.6 Å². The highest BCUT2D eigenvalue weighted by Gasteiger charge is 2.37. The van der Waals surface area contributed by atoms with Crippen LogP contribution >= 0.6 is 0 Å². The Morgan fingerprint density at radius 3 is 1.37 bits per heavy atom. The van der Waals surface area contributed by atoms with Crippen LogP contribution in [0.25, 0.3) is 0 Å². The minimum Gasteiger partial charge on any atom is -0.481 e. The van der Waals surface area contributed by atoms with Crippen LogP contribution < -0.4 is 10.6 Å². The van der Waals surface area contributed by atoms with Crippen molar-refractivity contribution in [2.75, 3.05) is 26.2 Å². The Bertz CT molecular complexity index is 968. The number of hydrogen-bond donors (Lipinski definition) is 3. The minimum atomic E-state index is -1.08. The molecule has 1 amide bonds. The number of nitrogens with one attached hydrogen (secondary N) is 2. The van der Waals surface area contributed by atoms with Gasteiger partial charge >= 0.3 is 5.97 Å². The van der Waals surface area contributed by atoms with Crippen LogP contribution in [0.5, 0.6) is 0 Å². The fourth-order valence-corrected chi connectivity index (χ4v) is 5.03. The van der Waals surface area contributed by atoms with Crippen molar-refractivity contribution in [3.8, 4) is 0 Å². The number of nitrogens with zero attached hydrogens (tertiary/aromatic N) is 1. The van der Waals surface area contributed by atoms with Crippen molar-refractivity contribution < 1.29 is 33.9 Å². The van der Waals surface area contributed by atoms with Gasteiger partial charge in [0.05, 0.1) is 17.6 Å². The summed E-state index contributed by atoms with van der Waals surface area (Å²) in [5.41, 5.74) is 0.529. The van der Waals surface area contributed by atoms with Crippen molar-refractivity contribution in [1.82, 2.24) is 15.5 Å². The van der Waals surface area contributed by atoms with E-state index in [1.165, 1.54) is 4.90 Å². The number of amides is 1. The predicted molar refractivity (Wildman–Crippen MR) is 141 cm³/mol. The van der Waals surface area contributed by atoms with E-state index in [0.717, 1.165) is 0 Å². The maximum Gasteiger partial charge on any atom is 0.303 e. The van der Waals surface area contributed by atoms with Crippen molar-refractivity contribution >= 4 is 35.0 Å². The van der Waals surface area contributed by atoms with Gasteiger partial charge in [0.1, 0.15) is 0 Å². The molecule has 210 valence electrons. The zero-order valence-corrected chi connectivity index (χ0v) is 23.4. The monoisotopic (exact) mass is 531 g/mol. The van der Waals surface area contributed by atoms with Gasteiger partial charge in [0, 0.05) is 69.7 Å². The molecular formula is C28H41N3O7. The van der Waals surface area contributed by atoms with Crippen molar-refractivity contribution in [2.24, 2.45) is 10.8 Å². The molecule has 2 aliphatic carbocycles. The highest BCUT2D eigenvalue weighted by atomic mass is 16.4. The zero-order chi connectivity index (χ0) is 28.8. The molecule has 2 rings (SSSR count). The van der Waals surface area contributed by atoms with Gasteiger partial charge in [-0.05, 0) is 24.7 Å². The summed E-state index contributed by atoms with van der Waals surface area (Å²) in [5, 5.41) is 15.1. The Kier molecular flexibility index (Phi) is 10.2. The topological polar surface area (TPSA) is 150 Å². The number of hydrogen-bond acceptors (Lipinski definition) is 8. The molecule has 10 nitrogen and oxygen atoms in total. The Morgan fingerprint density at radius 2 is 1.05 bits per heavy atom. The van der Waals surface area contributed by atoms with E-state index in [1.54, 1.807) is 13.8 Å². The molecule has 2 saturated carbocycles. The molecular weight excluding hydrogens is 490 g/mol. The molecule has 0 aliphatic heterocycles. The molecule has 2 aliphatic rings. The van der Waals surface area contributed by atoms with E-state index in [4.69, 9.17) is 5.11 Å². The maximum absolute atomic E-state index is 12.7. The molecule has 3 N–H and O–H groups in total. The summed E-state index contributed by atoms with van der Waals surface area (Å²) in [6, 6.07) is 0. The summed E-state index contributed by atoms with van der Waals surface area (Å²) in [7, 11) is 0. The molecule has 0 heterocycles. The Labute approximate surface area is 224 Å². The van der Waals surface area contributed by atoms with Gasteiger partial charge < -0.3 is 20.6 Å². The number of ketones is 4. The van der Waals surface area contributed by atoms with Crippen LogP contribution in [0.4, 0.5) is 0 Å². The van der Waals surface area contributed by atoms with Gasteiger partial charge in [-0.15, -0.1) is 0 Å². The lowest BCUT2D eigenvalue weighted by atomic mass is 9.73. The number of rotatable bonds is 11. The number of carboxylic acid groups (broad SMARTS) is 1. The molecule has 0 aromatic rings. The van der Waals surface area contributed by atoms with Crippen LogP contribution in [0.2, 0.25) is 0 Å². The highest BCUT2D eigenvalue weighted by molar-refractivity contribution is 6.23. The molecule has 0 aromatic carbocycles. The van der Waals surface area contributed by atoms with Gasteiger partial charge in [0.15, 0.2) is 23.1 Å². The number of allylic oxidation sites excluding steroid dienone is 4. The van der Waals surface area contributed by atoms with Crippen LogP contribution in [-0.2, 0) is 28.8 Å². The second kappa shape index (κ2) is 12.5. The van der Waals surface area contributed by atoms with E-state index in [0.29, 0.717) is 11.4 Å².